The van der Waals surface area contributed by atoms with Crippen molar-refractivity contribution < 1.29 is 18.8 Å². The first kappa shape index (κ1) is 13.3. The van der Waals surface area contributed by atoms with E-state index in [1.807, 2.05) is 0 Å². The van der Waals surface area contributed by atoms with E-state index in [9.17, 15) is 4.79 Å². The van der Waals surface area contributed by atoms with Gasteiger partial charge in [-0.25, -0.2) is 0 Å². The highest BCUT2D eigenvalue weighted by molar-refractivity contribution is 5.66. The van der Waals surface area contributed by atoms with Crippen molar-refractivity contribution in [3.05, 3.63) is 24.5 Å². The summed E-state index contributed by atoms with van der Waals surface area (Å²) in [5.41, 5.74) is 0. The predicted octanol–water partition coefficient (Wildman–Crippen LogP) is 2.64. The molecule has 0 spiro atoms. The average molecular weight is 239 g/mol. The van der Waals surface area contributed by atoms with Crippen LogP contribution in [-0.4, -0.2) is 17.7 Å². The van der Waals surface area contributed by atoms with Crippen molar-refractivity contribution in [2.24, 2.45) is 0 Å². The number of unbranched alkanes of at least 4 members (excludes halogenated alkanes) is 1. The van der Waals surface area contributed by atoms with Crippen LogP contribution in [0.25, 0.3) is 0 Å². The predicted molar refractivity (Wildman–Crippen MR) is 61.6 cm³/mol. The molecule has 0 aliphatic heterocycles. The zero-order valence-electron chi connectivity index (χ0n) is 10.1. The quantitative estimate of drug-likeness (QED) is 0.416. The summed E-state index contributed by atoms with van der Waals surface area (Å²) in [7, 11) is 0. The maximum atomic E-state index is 10.8. The lowest BCUT2D eigenvalue weighted by Gasteiger charge is -2.07. The van der Waals surface area contributed by atoms with E-state index >= 15 is 0 Å². The van der Waals surface area contributed by atoms with Gasteiger partial charge in [0.2, 0.25) is 0 Å². The Bertz CT molecular complexity index is 372. The number of carbonyl (C=O) groups excluding carboxylic acids is 1. The van der Waals surface area contributed by atoms with E-state index in [-0.39, 0.29) is 0 Å². The summed E-state index contributed by atoms with van der Waals surface area (Å²) in [6.45, 7) is 7.56. The number of ether oxygens (including phenoxy) is 2. The van der Waals surface area contributed by atoms with Gasteiger partial charge in [0.05, 0.1) is 6.61 Å². The van der Waals surface area contributed by atoms with Gasteiger partial charge in [0.1, 0.15) is 0 Å². The van der Waals surface area contributed by atoms with Gasteiger partial charge in [0.15, 0.2) is 11.9 Å². The van der Waals surface area contributed by atoms with Crippen LogP contribution in [0.1, 0.15) is 38.6 Å². The Labute approximate surface area is 100 Å². The molecule has 0 fully saturated rings. The molecule has 0 unspecified atom stereocenters. The number of carbonyl (C=O) groups is 1. The Kier molecular flexibility index (Phi) is 5.26. The Hall–Kier alpha value is -1.78. The van der Waals surface area contributed by atoms with Crippen LogP contribution in [0.4, 0.5) is 0 Å². The standard InChI is InChI=1S/C12H17NO4/c1-4-6-7-15-12-8-11(17-13-12)10(5-2)16-9(3)14/h5,8,10H,2,4,6-7H2,1,3H3/t10-/m1/s1. The molecule has 0 saturated carbocycles. The first-order chi connectivity index (χ1) is 8.17. The number of esters is 1. The Morgan fingerprint density at radius 1 is 1.71 bits per heavy atom. The largest absolute Gasteiger partial charge is 0.476 e. The van der Waals surface area contributed by atoms with Crippen molar-refractivity contribution >= 4 is 5.97 Å². The van der Waals surface area contributed by atoms with Gasteiger partial charge in [-0.1, -0.05) is 19.9 Å². The van der Waals surface area contributed by atoms with Crippen LogP contribution in [-0.2, 0) is 9.53 Å². The molecule has 0 radical (unpaired) electrons. The van der Waals surface area contributed by atoms with E-state index in [4.69, 9.17) is 14.0 Å². The Morgan fingerprint density at radius 3 is 3.06 bits per heavy atom. The number of rotatable bonds is 7. The molecule has 5 heteroatoms. The van der Waals surface area contributed by atoms with Gasteiger partial charge in [-0.15, -0.1) is 0 Å². The summed E-state index contributed by atoms with van der Waals surface area (Å²) in [6.07, 6.45) is 2.85. The summed E-state index contributed by atoms with van der Waals surface area (Å²) in [5.74, 6) is 0.397. The van der Waals surface area contributed by atoms with Crippen LogP contribution >= 0.6 is 0 Å². The van der Waals surface area contributed by atoms with Crippen molar-refractivity contribution in [3.63, 3.8) is 0 Å². The molecule has 0 aromatic carbocycles. The minimum atomic E-state index is -0.622. The number of aromatic nitrogens is 1. The molecule has 17 heavy (non-hydrogen) atoms. The first-order valence-electron chi connectivity index (χ1n) is 5.56. The molecule has 0 saturated heterocycles. The fraction of sp³-hybridized carbons (Fsp3) is 0.500. The lowest BCUT2D eigenvalue weighted by atomic mass is 10.2. The second kappa shape index (κ2) is 6.73. The second-order valence-corrected chi connectivity index (χ2v) is 3.54. The van der Waals surface area contributed by atoms with Crippen LogP contribution in [0, 0.1) is 0 Å². The highest BCUT2D eigenvalue weighted by Gasteiger charge is 2.17. The molecule has 1 aromatic rings. The molecular formula is C12H17NO4. The molecule has 0 aliphatic carbocycles. The third kappa shape index (κ3) is 4.30. The number of nitrogens with zero attached hydrogens (tertiary/aromatic N) is 1. The van der Waals surface area contributed by atoms with E-state index < -0.39 is 12.1 Å². The normalized spacial score (nSPS) is 11.9. The van der Waals surface area contributed by atoms with Crippen LogP contribution < -0.4 is 4.74 Å². The van der Waals surface area contributed by atoms with Gasteiger partial charge < -0.3 is 14.0 Å². The van der Waals surface area contributed by atoms with E-state index in [2.05, 4.69) is 18.7 Å². The highest BCUT2D eigenvalue weighted by Crippen LogP contribution is 2.22. The maximum Gasteiger partial charge on any atom is 0.303 e. The molecule has 1 rings (SSSR count). The summed E-state index contributed by atoms with van der Waals surface area (Å²) in [6, 6.07) is 1.60. The van der Waals surface area contributed by atoms with Gasteiger partial charge in [-0.2, -0.15) is 0 Å². The van der Waals surface area contributed by atoms with Crippen LogP contribution in [0.5, 0.6) is 5.88 Å². The number of hydrogen-bond donors (Lipinski definition) is 0. The summed E-state index contributed by atoms with van der Waals surface area (Å²) in [5, 5.41) is 3.73. The molecule has 0 bridgehead atoms. The fourth-order valence-corrected chi connectivity index (χ4v) is 1.20. The van der Waals surface area contributed by atoms with Crippen molar-refractivity contribution in [2.75, 3.05) is 6.61 Å². The lowest BCUT2D eigenvalue weighted by molar-refractivity contribution is -0.145. The molecule has 5 nitrogen and oxygen atoms in total. The summed E-state index contributed by atoms with van der Waals surface area (Å²) >= 11 is 0. The summed E-state index contributed by atoms with van der Waals surface area (Å²) in [4.78, 5) is 10.8. The monoisotopic (exact) mass is 239 g/mol. The molecule has 0 amide bonds. The molecule has 1 atom stereocenters. The van der Waals surface area contributed by atoms with Gasteiger partial charge in [0, 0.05) is 13.0 Å². The topological polar surface area (TPSA) is 61.6 Å². The molecule has 1 aromatic heterocycles. The van der Waals surface area contributed by atoms with Gasteiger partial charge >= 0.3 is 5.97 Å². The molecule has 1 heterocycles. The highest BCUT2D eigenvalue weighted by atomic mass is 16.6. The van der Waals surface area contributed by atoms with E-state index in [1.165, 1.54) is 13.0 Å². The lowest BCUT2D eigenvalue weighted by Crippen LogP contribution is -2.04. The maximum absolute atomic E-state index is 10.8. The molecule has 0 aliphatic rings. The SMILES string of the molecule is C=C[C@@H](OC(C)=O)c1cc(OCCCC)no1. The van der Waals surface area contributed by atoms with Crippen LogP contribution in [0.2, 0.25) is 0 Å². The van der Waals surface area contributed by atoms with Crippen molar-refractivity contribution in [3.8, 4) is 5.88 Å². The average Bonchev–Trinajstić information content (AvgIpc) is 2.74. The minimum Gasteiger partial charge on any atom is -0.476 e. The zero-order valence-corrected chi connectivity index (χ0v) is 10.1. The van der Waals surface area contributed by atoms with Crippen molar-refractivity contribution in [1.29, 1.82) is 0 Å². The third-order valence-electron chi connectivity index (χ3n) is 2.04. The van der Waals surface area contributed by atoms with E-state index in [1.54, 1.807) is 6.07 Å². The summed E-state index contributed by atoms with van der Waals surface area (Å²) < 4.78 is 15.4. The number of hydrogen-bond acceptors (Lipinski definition) is 5. The first-order valence-corrected chi connectivity index (χ1v) is 5.56. The smallest absolute Gasteiger partial charge is 0.303 e. The van der Waals surface area contributed by atoms with Crippen molar-refractivity contribution in [2.45, 2.75) is 32.8 Å². The van der Waals surface area contributed by atoms with Crippen molar-refractivity contribution in [1.82, 2.24) is 5.16 Å². The zero-order chi connectivity index (χ0) is 12.7. The Balaban J connectivity index is 2.58. The van der Waals surface area contributed by atoms with Gasteiger partial charge in [0.25, 0.3) is 5.88 Å². The molecule has 94 valence electrons. The molecule has 0 N–H and O–H groups in total. The third-order valence-corrected chi connectivity index (χ3v) is 2.04. The van der Waals surface area contributed by atoms with E-state index in [0.29, 0.717) is 18.2 Å². The Morgan fingerprint density at radius 2 is 2.47 bits per heavy atom. The fourth-order valence-electron chi connectivity index (χ4n) is 1.20. The second-order valence-electron chi connectivity index (χ2n) is 3.54. The van der Waals surface area contributed by atoms with Crippen LogP contribution in [0.3, 0.4) is 0 Å². The van der Waals surface area contributed by atoms with E-state index in [0.717, 1.165) is 12.8 Å². The molecular weight excluding hydrogens is 222 g/mol. The van der Waals surface area contributed by atoms with Crippen LogP contribution in [0.15, 0.2) is 23.2 Å². The minimum absolute atomic E-state index is 0.396. The van der Waals surface area contributed by atoms with Gasteiger partial charge in [-0.05, 0) is 17.7 Å². The van der Waals surface area contributed by atoms with Gasteiger partial charge in [-0.3, -0.25) is 4.79 Å².